The fraction of sp³-hybridized carbons (Fsp3) is 0.167. The lowest BCUT2D eigenvalue weighted by Gasteiger charge is -2.36. The number of hydrogen-bond donors (Lipinski definition) is 3. The third-order valence-corrected chi connectivity index (χ3v) is 5.62. The van der Waals surface area contributed by atoms with Crippen LogP contribution in [0, 0.1) is 0 Å². The number of aromatic hydroxyl groups is 2. The van der Waals surface area contributed by atoms with E-state index in [4.69, 9.17) is 0 Å². The van der Waals surface area contributed by atoms with Crippen molar-refractivity contribution in [2.24, 2.45) is 0 Å². The highest BCUT2D eigenvalue weighted by Crippen LogP contribution is 2.39. The number of aromatic nitrogens is 1. The quantitative estimate of drug-likeness (QED) is 0.489. The molecule has 0 aliphatic carbocycles. The average molecular weight is 370 g/mol. The van der Waals surface area contributed by atoms with Crippen molar-refractivity contribution >= 4 is 10.9 Å². The van der Waals surface area contributed by atoms with Crippen LogP contribution in [-0.2, 0) is 13.0 Å². The van der Waals surface area contributed by atoms with Crippen LogP contribution >= 0.6 is 0 Å². The Hall–Kier alpha value is -3.24. The van der Waals surface area contributed by atoms with Gasteiger partial charge in [0.15, 0.2) is 0 Å². The molecule has 1 atom stereocenters. The van der Waals surface area contributed by atoms with Crippen molar-refractivity contribution in [3.8, 4) is 11.5 Å². The molecule has 0 amide bonds. The first-order chi connectivity index (χ1) is 13.7. The topological polar surface area (TPSA) is 59.5 Å². The monoisotopic (exact) mass is 370 g/mol. The van der Waals surface area contributed by atoms with Gasteiger partial charge in [0.05, 0.1) is 6.04 Å². The molecular weight excluding hydrogens is 348 g/mol. The third kappa shape index (κ3) is 2.92. The molecule has 5 rings (SSSR count). The van der Waals surface area contributed by atoms with Crippen molar-refractivity contribution in [1.29, 1.82) is 0 Å². The van der Waals surface area contributed by atoms with E-state index in [9.17, 15) is 10.2 Å². The van der Waals surface area contributed by atoms with E-state index in [1.54, 1.807) is 12.1 Å². The highest BCUT2D eigenvalue weighted by Gasteiger charge is 2.31. The van der Waals surface area contributed by atoms with Crippen LogP contribution in [-0.4, -0.2) is 26.6 Å². The summed E-state index contributed by atoms with van der Waals surface area (Å²) >= 11 is 0. The number of benzene rings is 3. The molecule has 2 heterocycles. The van der Waals surface area contributed by atoms with Crippen LogP contribution in [0.15, 0.2) is 72.8 Å². The molecule has 0 spiro atoms. The molecule has 4 nitrogen and oxygen atoms in total. The Labute approximate surface area is 163 Å². The first-order valence-corrected chi connectivity index (χ1v) is 9.59. The fourth-order valence-electron chi connectivity index (χ4n) is 4.42. The van der Waals surface area contributed by atoms with Gasteiger partial charge in [-0.15, -0.1) is 0 Å². The Kier molecular flexibility index (Phi) is 4.06. The first-order valence-electron chi connectivity index (χ1n) is 9.59. The summed E-state index contributed by atoms with van der Waals surface area (Å²) in [4.78, 5) is 6.04. The van der Waals surface area contributed by atoms with E-state index < -0.39 is 0 Å². The molecule has 0 saturated carbocycles. The van der Waals surface area contributed by atoms with Crippen LogP contribution < -0.4 is 0 Å². The van der Waals surface area contributed by atoms with Gasteiger partial charge in [-0.2, -0.15) is 0 Å². The number of rotatable bonds is 3. The molecule has 0 bridgehead atoms. The van der Waals surface area contributed by atoms with E-state index in [2.05, 4.69) is 40.2 Å². The zero-order valence-electron chi connectivity index (χ0n) is 15.5. The standard InChI is InChI=1S/C24H22N2O2/c27-18-7-3-5-16(13-18)15-26-12-11-21-20-9-1-2-10-22(20)25-23(21)24(26)17-6-4-8-19(28)14-17/h1-10,13-14,24-25,27-28H,11-12,15H2/t24-/m0/s1. The van der Waals surface area contributed by atoms with Crippen LogP contribution in [0.5, 0.6) is 11.5 Å². The van der Waals surface area contributed by atoms with Crippen LogP contribution in [0.2, 0.25) is 0 Å². The van der Waals surface area contributed by atoms with Crippen molar-refractivity contribution in [3.63, 3.8) is 0 Å². The van der Waals surface area contributed by atoms with Gasteiger partial charge in [0.1, 0.15) is 11.5 Å². The van der Waals surface area contributed by atoms with Gasteiger partial charge in [0, 0.05) is 29.7 Å². The second-order valence-corrected chi connectivity index (χ2v) is 7.45. The number of phenolic OH excluding ortho intramolecular Hbond substituents is 2. The van der Waals surface area contributed by atoms with Gasteiger partial charge < -0.3 is 15.2 Å². The predicted octanol–water partition coefficient (Wildman–Crippen LogP) is 4.73. The first kappa shape index (κ1) is 16.9. The normalized spacial score (nSPS) is 16.9. The summed E-state index contributed by atoms with van der Waals surface area (Å²) in [6.07, 6.45) is 0.966. The molecule has 0 unspecified atom stereocenters. The van der Waals surface area contributed by atoms with Gasteiger partial charge in [-0.3, -0.25) is 4.90 Å². The molecule has 1 aliphatic rings. The lowest BCUT2D eigenvalue weighted by molar-refractivity contribution is 0.201. The molecule has 4 aromatic rings. The van der Waals surface area contributed by atoms with Crippen molar-refractivity contribution in [1.82, 2.24) is 9.88 Å². The van der Waals surface area contributed by atoms with E-state index >= 15 is 0 Å². The Morgan fingerprint density at radius 2 is 1.68 bits per heavy atom. The van der Waals surface area contributed by atoms with Crippen molar-refractivity contribution < 1.29 is 10.2 Å². The van der Waals surface area contributed by atoms with Gasteiger partial charge in [-0.25, -0.2) is 0 Å². The summed E-state index contributed by atoms with van der Waals surface area (Å²) in [5.74, 6) is 0.563. The van der Waals surface area contributed by atoms with Gasteiger partial charge in [-0.05, 0) is 53.4 Å². The van der Waals surface area contributed by atoms with Gasteiger partial charge in [0.25, 0.3) is 0 Å². The Morgan fingerprint density at radius 1 is 0.893 bits per heavy atom. The molecule has 3 aromatic carbocycles. The predicted molar refractivity (Wildman–Crippen MR) is 110 cm³/mol. The summed E-state index contributed by atoms with van der Waals surface area (Å²) < 4.78 is 0. The Bertz CT molecular complexity index is 1150. The highest BCUT2D eigenvalue weighted by molar-refractivity contribution is 5.85. The van der Waals surface area contributed by atoms with Crippen molar-refractivity contribution in [2.75, 3.05) is 6.54 Å². The maximum absolute atomic E-state index is 10.1. The molecule has 3 N–H and O–H groups in total. The smallest absolute Gasteiger partial charge is 0.115 e. The Morgan fingerprint density at radius 3 is 2.50 bits per heavy atom. The number of nitrogens with one attached hydrogen (secondary N) is 1. The number of hydrogen-bond acceptors (Lipinski definition) is 3. The lowest BCUT2D eigenvalue weighted by atomic mass is 9.92. The lowest BCUT2D eigenvalue weighted by Crippen LogP contribution is -2.35. The number of fused-ring (bicyclic) bond motifs is 3. The summed E-state index contributed by atoms with van der Waals surface area (Å²) in [5.41, 5.74) is 5.84. The zero-order chi connectivity index (χ0) is 19.1. The number of aromatic amines is 1. The van der Waals surface area contributed by atoms with Crippen molar-refractivity contribution in [3.05, 3.63) is 95.2 Å². The second kappa shape index (κ2) is 6.73. The number of H-pyrrole nitrogens is 1. The maximum Gasteiger partial charge on any atom is 0.115 e. The van der Waals surface area contributed by atoms with Crippen LogP contribution in [0.4, 0.5) is 0 Å². The van der Waals surface area contributed by atoms with E-state index in [1.165, 1.54) is 16.6 Å². The molecule has 0 saturated heterocycles. The highest BCUT2D eigenvalue weighted by atomic mass is 16.3. The Balaban J connectivity index is 1.63. The second-order valence-electron chi connectivity index (χ2n) is 7.45. The minimum absolute atomic E-state index is 0.0191. The van der Waals surface area contributed by atoms with Gasteiger partial charge in [-0.1, -0.05) is 42.5 Å². The van der Waals surface area contributed by atoms with E-state index in [-0.39, 0.29) is 17.5 Å². The van der Waals surface area contributed by atoms with E-state index in [0.29, 0.717) is 0 Å². The molecule has 1 aromatic heterocycles. The zero-order valence-corrected chi connectivity index (χ0v) is 15.5. The number of para-hydroxylation sites is 1. The van der Waals surface area contributed by atoms with Gasteiger partial charge in [0.2, 0.25) is 0 Å². The summed E-state index contributed by atoms with van der Waals surface area (Å²) in [6.45, 7) is 1.63. The average Bonchev–Trinajstić information content (AvgIpc) is 3.06. The summed E-state index contributed by atoms with van der Waals surface area (Å²) in [7, 11) is 0. The van der Waals surface area contributed by atoms with Crippen LogP contribution in [0.3, 0.4) is 0 Å². The molecule has 140 valence electrons. The minimum atomic E-state index is 0.0191. The largest absolute Gasteiger partial charge is 0.508 e. The molecule has 1 aliphatic heterocycles. The molecule has 28 heavy (non-hydrogen) atoms. The maximum atomic E-state index is 10.1. The van der Waals surface area contributed by atoms with Crippen LogP contribution in [0.25, 0.3) is 10.9 Å². The molecular formula is C24H22N2O2. The fourth-order valence-corrected chi connectivity index (χ4v) is 4.42. The van der Waals surface area contributed by atoms with Crippen molar-refractivity contribution in [2.45, 2.75) is 19.0 Å². The summed E-state index contributed by atoms with van der Waals surface area (Å²) in [5, 5.41) is 21.2. The van der Waals surface area contributed by atoms with Crippen LogP contribution in [0.1, 0.15) is 28.4 Å². The number of phenols is 2. The molecule has 0 fully saturated rings. The van der Waals surface area contributed by atoms with E-state index in [1.807, 2.05) is 30.3 Å². The number of nitrogens with zero attached hydrogens (tertiary/aromatic N) is 1. The molecule has 0 radical (unpaired) electrons. The minimum Gasteiger partial charge on any atom is -0.508 e. The van der Waals surface area contributed by atoms with E-state index in [0.717, 1.165) is 36.2 Å². The SMILES string of the molecule is Oc1cccc(CN2CCc3c([nH]c4ccccc34)[C@@H]2c2cccc(O)c2)c1. The van der Waals surface area contributed by atoms with Gasteiger partial charge >= 0.3 is 0 Å². The summed E-state index contributed by atoms with van der Waals surface area (Å²) in [6, 6.07) is 23.4. The molecule has 4 heteroatoms. The third-order valence-electron chi connectivity index (χ3n) is 5.62.